The van der Waals surface area contributed by atoms with Gasteiger partial charge in [-0.15, -0.1) is 0 Å². The molecule has 0 aliphatic heterocycles. The van der Waals surface area contributed by atoms with Gasteiger partial charge in [-0.1, -0.05) is 20.8 Å². The van der Waals surface area contributed by atoms with Crippen molar-refractivity contribution in [2.45, 2.75) is 51.3 Å². The van der Waals surface area contributed by atoms with Gasteiger partial charge in [-0.3, -0.25) is 4.99 Å². The van der Waals surface area contributed by atoms with Crippen molar-refractivity contribution >= 4 is 17.6 Å². The molecule has 2 unspecified atom stereocenters. The van der Waals surface area contributed by atoms with Crippen molar-refractivity contribution in [3.05, 3.63) is 0 Å². The molecule has 0 aromatic rings. The van der Waals surface area contributed by atoms with Gasteiger partial charge in [0.2, 0.25) is 0 Å². The van der Waals surface area contributed by atoms with E-state index in [0.717, 1.165) is 11.1 Å². The first-order valence-electron chi connectivity index (χ1n) is 5.58. The van der Waals surface area contributed by atoms with Crippen molar-refractivity contribution in [3.63, 3.8) is 0 Å². The zero-order valence-electron chi connectivity index (χ0n) is 9.49. The Morgan fingerprint density at radius 3 is 2.79 bits per heavy atom. The molecule has 0 amide bonds. The van der Waals surface area contributed by atoms with Crippen molar-refractivity contribution in [1.82, 2.24) is 0 Å². The van der Waals surface area contributed by atoms with Gasteiger partial charge in [-0.25, -0.2) is 0 Å². The van der Waals surface area contributed by atoms with Crippen LogP contribution >= 0.6 is 11.8 Å². The van der Waals surface area contributed by atoms with Crippen LogP contribution in [0, 0.1) is 5.92 Å². The Bertz CT molecular complexity index is 201. The predicted molar refractivity (Wildman–Crippen MR) is 66.0 cm³/mol. The fourth-order valence-electron chi connectivity index (χ4n) is 1.78. The largest absolute Gasteiger partial charge is 0.387 e. The van der Waals surface area contributed by atoms with Crippen LogP contribution in [0.3, 0.4) is 0 Å². The number of thioether (sulfide) groups is 1. The highest BCUT2D eigenvalue weighted by molar-refractivity contribution is 7.99. The van der Waals surface area contributed by atoms with E-state index in [-0.39, 0.29) is 0 Å². The lowest BCUT2D eigenvalue weighted by atomic mass is 10.2. The Hall–Kier alpha value is -0.180. The Morgan fingerprint density at radius 2 is 2.21 bits per heavy atom. The summed E-state index contributed by atoms with van der Waals surface area (Å²) in [4.78, 5) is 4.59. The third kappa shape index (κ3) is 3.52. The number of rotatable bonds is 4. The number of nitrogens with two attached hydrogens (primary N) is 1. The van der Waals surface area contributed by atoms with Gasteiger partial charge < -0.3 is 5.73 Å². The molecule has 0 spiro atoms. The maximum Gasteiger partial charge on any atom is 0.0966 e. The first kappa shape index (κ1) is 11.9. The predicted octanol–water partition coefficient (Wildman–Crippen LogP) is 2.67. The van der Waals surface area contributed by atoms with Crippen LogP contribution in [0.5, 0.6) is 0 Å². The summed E-state index contributed by atoms with van der Waals surface area (Å²) in [6.45, 7) is 6.43. The quantitative estimate of drug-likeness (QED) is 0.577. The first-order valence-corrected chi connectivity index (χ1v) is 6.63. The van der Waals surface area contributed by atoms with E-state index in [0.29, 0.717) is 12.0 Å². The topological polar surface area (TPSA) is 38.4 Å². The molecule has 2 atom stereocenters. The molecule has 1 saturated carbocycles. The fraction of sp³-hybridized carbons (Fsp3) is 0.909. The van der Waals surface area contributed by atoms with E-state index in [9.17, 15) is 0 Å². The van der Waals surface area contributed by atoms with Gasteiger partial charge in [0.25, 0.3) is 0 Å². The molecule has 0 bridgehead atoms. The molecule has 2 N–H and O–H groups in total. The summed E-state index contributed by atoms with van der Waals surface area (Å²) in [5, 5.41) is 0.828. The van der Waals surface area contributed by atoms with E-state index >= 15 is 0 Å². The lowest BCUT2D eigenvalue weighted by Gasteiger charge is -2.09. The van der Waals surface area contributed by atoms with Crippen molar-refractivity contribution < 1.29 is 0 Å². The van der Waals surface area contributed by atoms with E-state index in [1.807, 2.05) is 0 Å². The summed E-state index contributed by atoms with van der Waals surface area (Å²) >= 11 is 2.07. The van der Waals surface area contributed by atoms with Crippen LogP contribution in [0.4, 0.5) is 0 Å². The third-order valence-corrected chi connectivity index (χ3v) is 3.92. The molecule has 1 fully saturated rings. The second-order valence-corrected chi connectivity index (χ2v) is 5.83. The molecular weight excluding hydrogens is 192 g/mol. The highest BCUT2D eigenvalue weighted by Gasteiger charge is 2.24. The molecule has 2 nitrogen and oxygen atoms in total. The summed E-state index contributed by atoms with van der Waals surface area (Å²) < 4.78 is 0. The molecule has 1 aliphatic rings. The minimum absolute atomic E-state index is 0.396. The summed E-state index contributed by atoms with van der Waals surface area (Å²) in [7, 11) is 0. The standard InChI is InChI=1S/C11H22N2S/c1-4-14-10-6-5-9(7-10)13-11(12)8(2)3/h8-10H,4-7H2,1-3H3,(H2,12,13). The van der Waals surface area contributed by atoms with Gasteiger partial charge in [-0.05, 0) is 25.0 Å². The zero-order chi connectivity index (χ0) is 10.6. The van der Waals surface area contributed by atoms with Gasteiger partial charge in [0.05, 0.1) is 11.9 Å². The summed E-state index contributed by atoms with van der Waals surface area (Å²) in [6.07, 6.45) is 3.77. The minimum Gasteiger partial charge on any atom is -0.387 e. The van der Waals surface area contributed by atoms with E-state index in [1.165, 1.54) is 25.0 Å². The monoisotopic (exact) mass is 214 g/mol. The summed E-state index contributed by atoms with van der Waals surface area (Å²) in [6, 6.07) is 0.501. The van der Waals surface area contributed by atoms with Crippen LogP contribution in [0.15, 0.2) is 4.99 Å². The van der Waals surface area contributed by atoms with Crippen LogP contribution in [-0.4, -0.2) is 22.9 Å². The molecule has 0 saturated heterocycles. The molecule has 14 heavy (non-hydrogen) atoms. The van der Waals surface area contributed by atoms with Crippen LogP contribution in [0.2, 0.25) is 0 Å². The number of aliphatic imine (C=N–C) groups is 1. The Balaban J connectivity index is 2.38. The van der Waals surface area contributed by atoms with Gasteiger partial charge in [0.1, 0.15) is 0 Å². The smallest absolute Gasteiger partial charge is 0.0966 e. The van der Waals surface area contributed by atoms with Crippen LogP contribution in [0.1, 0.15) is 40.0 Å². The van der Waals surface area contributed by atoms with Crippen molar-refractivity contribution in [1.29, 1.82) is 0 Å². The highest BCUT2D eigenvalue weighted by atomic mass is 32.2. The number of hydrogen-bond donors (Lipinski definition) is 1. The molecule has 3 heteroatoms. The SMILES string of the molecule is CCSC1CCC(N=C(N)C(C)C)C1. The van der Waals surface area contributed by atoms with Gasteiger partial charge in [0, 0.05) is 11.2 Å². The molecule has 82 valence electrons. The Kier molecular flexibility index (Phi) is 4.79. The van der Waals surface area contributed by atoms with Crippen LogP contribution in [-0.2, 0) is 0 Å². The molecular formula is C11H22N2S. The number of amidine groups is 1. The number of hydrogen-bond acceptors (Lipinski definition) is 2. The lowest BCUT2D eigenvalue weighted by Crippen LogP contribution is -2.21. The van der Waals surface area contributed by atoms with Crippen molar-refractivity contribution in [2.75, 3.05) is 5.75 Å². The average molecular weight is 214 g/mol. The third-order valence-electron chi connectivity index (χ3n) is 2.68. The van der Waals surface area contributed by atoms with Crippen molar-refractivity contribution in [2.24, 2.45) is 16.6 Å². The van der Waals surface area contributed by atoms with Crippen LogP contribution < -0.4 is 5.73 Å². The maximum absolute atomic E-state index is 5.86. The normalized spacial score (nSPS) is 28.7. The first-order chi connectivity index (χ1) is 6.63. The maximum atomic E-state index is 5.86. The lowest BCUT2D eigenvalue weighted by molar-refractivity contribution is 0.693. The Morgan fingerprint density at radius 1 is 1.50 bits per heavy atom. The van der Waals surface area contributed by atoms with Gasteiger partial charge >= 0.3 is 0 Å². The second kappa shape index (κ2) is 5.64. The highest BCUT2D eigenvalue weighted by Crippen LogP contribution is 2.31. The number of nitrogens with zero attached hydrogens (tertiary/aromatic N) is 1. The van der Waals surface area contributed by atoms with Gasteiger partial charge in [0.15, 0.2) is 0 Å². The van der Waals surface area contributed by atoms with Crippen molar-refractivity contribution in [3.8, 4) is 0 Å². The molecule has 0 aromatic carbocycles. The fourth-order valence-corrected chi connectivity index (χ4v) is 2.91. The minimum atomic E-state index is 0.396. The second-order valence-electron chi connectivity index (χ2n) is 4.25. The summed E-state index contributed by atoms with van der Waals surface area (Å²) in [5.41, 5.74) is 5.86. The van der Waals surface area contributed by atoms with Gasteiger partial charge in [-0.2, -0.15) is 11.8 Å². The van der Waals surface area contributed by atoms with E-state index in [1.54, 1.807) is 0 Å². The summed E-state index contributed by atoms with van der Waals surface area (Å²) in [5.74, 6) is 2.45. The molecule has 1 rings (SSSR count). The van der Waals surface area contributed by atoms with E-state index in [4.69, 9.17) is 5.73 Å². The molecule has 0 radical (unpaired) electrons. The molecule has 1 aliphatic carbocycles. The average Bonchev–Trinajstić information content (AvgIpc) is 2.53. The molecule has 0 heterocycles. The van der Waals surface area contributed by atoms with E-state index in [2.05, 4.69) is 37.5 Å². The molecule has 0 aromatic heterocycles. The Labute approximate surface area is 91.7 Å². The zero-order valence-corrected chi connectivity index (χ0v) is 10.3. The van der Waals surface area contributed by atoms with E-state index < -0.39 is 0 Å². The van der Waals surface area contributed by atoms with Crippen LogP contribution in [0.25, 0.3) is 0 Å².